The van der Waals surface area contributed by atoms with E-state index in [0.717, 1.165) is 16.3 Å². The number of thiophene rings is 1. The number of hydrogen-bond donors (Lipinski definition) is 0. The van der Waals surface area contributed by atoms with Gasteiger partial charge in [0.05, 0.1) is 15.1 Å². The average molecular weight is 382 g/mol. The molecule has 24 heavy (non-hydrogen) atoms. The van der Waals surface area contributed by atoms with Gasteiger partial charge in [-0.2, -0.15) is 5.10 Å². The van der Waals surface area contributed by atoms with E-state index < -0.39 is 5.97 Å². The third-order valence-electron chi connectivity index (χ3n) is 3.23. The second kappa shape index (κ2) is 6.93. The van der Waals surface area contributed by atoms with Crippen molar-refractivity contribution in [1.82, 2.24) is 14.8 Å². The average Bonchev–Trinajstić information content (AvgIpc) is 3.10. The largest absolute Gasteiger partial charge is 0.455 e. The maximum Gasteiger partial charge on any atom is 0.358 e. The Morgan fingerprint density at radius 3 is 2.67 bits per heavy atom. The summed E-state index contributed by atoms with van der Waals surface area (Å²) in [6.07, 6.45) is 0. The van der Waals surface area contributed by atoms with Crippen molar-refractivity contribution >= 4 is 40.5 Å². The van der Waals surface area contributed by atoms with Gasteiger partial charge in [-0.05, 0) is 44.2 Å². The topological polar surface area (TPSA) is 57.0 Å². The van der Waals surface area contributed by atoms with Crippen molar-refractivity contribution in [3.63, 3.8) is 0 Å². The number of rotatable bonds is 4. The Hall–Kier alpha value is -1.89. The summed E-state index contributed by atoms with van der Waals surface area (Å²) in [5.41, 5.74) is 1.84. The Bertz CT molecular complexity index is 905. The Morgan fingerprint density at radius 1 is 1.25 bits per heavy atom. The van der Waals surface area contributed by atoms with Crippen LogP contribution >= 0.6 is 34.5 Å². The second-order valence-corrected chi connectivity index (χ2v) is 7.33. The molecule has 0 spiro atoms. The van der Waals surface area contributed by atoms with Gasteiger partial charge in [-0.1, -0.05) is 23.2 Å². The van der Waals surface area contributed by atoms with Crippen LogP contribution in [-0.4, -0.2) is 20.7 Å². The molecular weight excluding hydrogens is 369 g/mol. The van der Waals surface area contributed by atoms with Gasteiger partial charge in [0.1, 0.15) is 6.61 Å². The van der Waals surface area contributed by atoms with E-state index in [1.807, 2.05) is 26.0 Å². The van der Waals surface area contributed by atoms with E-state index in [2.05, 4.69) is 10.1 Å². The number of aryl methyl sites for hydroxylation is 2. The molecule has 5 nitrogen and oxygen atoms in total. The van der Waals surface area contributed by atoms with Gasteiger partial charge in [-0.3, -0.25) is 0 Å². The summed E-state index contributed by atoms with van der Waals surface area (Å²) < 4.78 is 7.57. The molecule has 0 saturated heterocycles. The summed E-state index contributed by atoms with van der Waals surface area (Å²) in [5, 5.41) is 4.58. The van der Waals surface area contributed by atoms with Crippen molar-refractivity contribution in [2.45, 2.75) is 20.5 Å². The Balaban J connectivity index is 1.83. The van der Waals surface area contributed by atoms with E-state index in [1.165, 1.54) is 11.3 Å². The highest BCUT2D eigenvalue weighted by Gasteiger charge is 2.17. The Kier molecular flexibility index (Phi) is 4.89. The van der Waals surface area contributed by atoms with Crippen LogP contribution in [0.15, 0.2) is 30.3 Å². The lowest BCUT2D eigenvalue weighted by molar-refractivity contribution is 0.0470. The normalized spacial score (nSPS) is 10.8. The van der Waals surface area contributed by atoms with Gasteiger partial charge >= 0.3 is 5.97 Å². The predicted molar refractivity (Wildman–Crippen MR) is 94.3 cm³/mol. The molecule has 0 unspecified atom stereocenters. The van der Waals surface area contributed by atoms with Crippen LogP contribution in [0, 0.1) is 13.8 Å². The Labute approximate surface area is 152 Å². The molecule has 0 saturated carbocycles. The van der Waals surface area contributed by atoms with Crippen molar-refractivity contribution in [1.29, 1.82) is 0 Å². The lowest BCUT2D eigenvalue weighted by Gasteiger charge is -2.08. The molecule has 3 heterocycles. The number of carbonyl (C=O) groups is 1. The molecule has 0 fully saturated rings. The van der Waals surface area contributed by atoms with Crippen molar-refractivity contribution in [3.8, 4) is 5.82 Å². The third-order valence-corrected chi connectivity index (χ3v) is 4.74. The SMILES string of the molecule is Cc1cc(C)n(-c2ccc(Cl)c(C(=O)OCc3ccc(Cl)s3)n2)n1. The molecule has 0 atom stereocenters. The molecule has 0 radical (unpaired) electrons. The first-order valence-electron chi connectivity index (χ1n) is 7.05. The standard InChI is InChI=1S/C16H13Cl2N3O2S/c1-9-7-10(2)21(20-9)14-6-4-12(17)15(19-14)16(22)23-8-11-3-5-13(18)24-11/h3-7H,8H2,1-2H3. The van der Waals surface area contributed by atoms with Gasteiger partial charge in [0.25, 0.3) is 0 Å². The first kappa shape index (κ1) is 17.0. The van der Waals surface area contributed by atoms with Crippen molar-refractivity contribution < 1.29 is 9.53 Å². The molecule has 0 aliphatic rings. The van der Waals surface area contributed by atoms with E-state index in [1.54, 1.807) is 22.9 Å². The summed E-state index contributed by atoms with van der Waals surface area (Å²) >= 11 is 13.3. The van der Waals surface area contributed by atoms with Crippen molar-refractivity contribution in [3.05, 3.63) is 61.6 Å². The quantitative estimate of drug-likeness (QED) is 0.619. The van der Waals surface area contributed by atoms with Crippen LogP contribution in [0.5, 0.6) is 0 Å². The zero-order valence-electron chi connectivity index (χ0n) is 12.9. The van der Waals surface area contributed by atoms with Gasteiger partial charge in [-0.25, -0.2) is 14.5 Å². The minimum absolute atomic E-state index is 0.0596. The molecule has 124 valence electrons. The van der Waals surface area contributed by atoms with Crippen LogP contribution in [0.1, 0.15) is 26.8 Å². The molecule has 3 aromatic rings. The molecule has 0 amide bonds. The molecule has 8 heteroatoms. The van der Waals surface area contributed by atoms with Gasteiger partial charge in [0.15, 0.2) is 11.5 Å². The number of hydrogen-bond acceptors (Lipinski definition) is 5. The van der Waals surface area contributed by atoms with Crippen LogP contribution in [0.3, 0.4) is 0 Å². The molecule has 0 bridgehead atoms. The fraction of sp³-hybridized carbons (Fsp3) is 0.188. The number of aromatic nitrogens is 3. The lowest BCUT2D eigenvalue weighted by Crippen LogP contribution is -2.11. The van der Waals surface area contributed by atoms with E-state index in [-0.39, 0.29) is 17.3 Å². The predicted octanol–water partition coefficient (Wildman–Crippen LogP) is 4.61. The third kappa shape index (κ3) is 3.61. The number of carbonyl (C=O) groups excluding carboxylic acids is 1. The summed E-state index contributed by atoms with van der Waals surface area (Å²) in [5.74, 6) is -0.0796. The zero-order chi connectivity index (χ0) is 17.3. The molecular formula is C16H13Cl2N3O2S. The molecule has 0 N–H and O–H groups in total. The highest BCUT2D eigenvalue weighted by atomic mass is 35.5. The maximum absolute atomic E-state index is 12.3. The van der Waals surface area contributed by atoms with Crippen molar-refractivity contribution in [2.75, 3.05) is 0 Å². The molecule has 3 rings (SSSR count). The van der Waals surface area contributed by atoms with Gasteiger partial charge in [0, 0.05) is 10.6 Å². The lowest BCUT2D eigenvalue weighted by atomic mass is 10.3. The first-order chi connectivity index (χ1) is 11.4. The summed E-state index contributed by atoms with van der Waals surface area (Å²) in [6, 6.07) is 8.80. The number of halogens is 2. The second-order valence-electron chi connectivity index (χ2n) is 5.12. The first-order valence-corrected chi connectivity index (χ1v) is 8.63. The molecule has 3 aromatic heterocycles. The Morgan fingerprint density at radius 2 is 2.04 bits per heavy atom. The van der Waals surface area contributed by atoms with Gasteiger partial charge in [0.2, 0.25) is 0 Å². The van der Waals surface area contributed by atoms with Crippen molar-refractivity contribution in [2.24, 2.45) is 0 Å². The summed E-state index contributed by atoms with van der Waals surface area (Å²) in [7, 11) is 0. The van der Waals surface area contributed by atoms with E-state index >= 15 is 0 Å². The highest BCUT2D eigenvalue weighted by molar-refractivity contribution is 7.16. The van der Waals surface area contributed by atoms with Crippen LogP contribution in [-0.2, 0) is 11.3 Å². The number of pyridine rings is 1. The molecule has 0 aliphatic heterocycles. The maximum atomic E-state index is 12.3. The number of nitrogens with zero attached hydrogens (tertiary/aromatic N) is 3. The van der Waals surface area contributed by atoms with Crippen LogP contribution in [0.2, 0.25) is 9.36 Å². The minimum atomic E-state index is -0.590. The van der Waals surface area contributed by atoms with E-state index in [0.29, 0.717) is 10.2 Å². The fourth-order valence-corrected chi connectivity index (χ4v) is 3.37. The smallest absolute Gasteiger partial charge is 0.358 e. The molecule has 0 aliphatic carbocycles. The summed E-state index contributed by atoms with van der Waals surface area (Å²) in [4.78, 5) is 17.4. The molecule has 0 aromatic carbocycles. The minimum Gasteiger partial charge on any atom is -0.455 e. The van der Waals surface area contributed by atoms with E-state index in [9.17, 15) is 4.79 Å². The number of esters is 1. The van der Waals surface area contributed by atoms with Gasteiger partial charge < -0.3 is 4.74 Å². The zero-order valence-corrected chi connectivity index (χ0v) is 15.2. The van der Waals surface area contributed by atoms with Crippen LogP contribution in [0.25, 0.3) is 5.82 Å². The number of ether oxygens (including phenoxy) is 1. The van der Waals surface area contributed by atoms with E-state index in [4.69, 9.17) is 27.9 Å². The summed E-state index contributed by atoms with van der Waals surface area (Å²) in [6.45, 7) is 3.92. The van der Waals surface area contributed by atoms with Crippen LogP contribution in [0.4, 0.5) is 0 Å². The van der Waals surface area contributed by atoms with Crippen LogP contribution < -0.4 is 0 Å². The van der Waals surface area contributed by atoms with Gasteiger partial charge in [-0.15, -0.1) is 11.3 Å². The monoisotopic (exact) mass is 381 g/mol. The highest BCUT2D eigenvalue weighted by Crippen LogP contribution is 2.23. The fourth-order valence-electron chi connectivity index (χ4n) is 2.19.